The zero-order valence-electron chi connectivity index (χ0n) is 10.7. The van der Waals surface area contributed by atoms with Crippen LogP contribution in [-0.2, 0) is 6.54 Å². The van der Waals surface area contributed by atoms with Gasteiger partial charge >= 0.3 is 0 Å². The second-order valence-electron chi connectivity index (χ2n) is 4.88. The van der Waals surface area contributed by atoms with E-state index in [0.29, 0.717) is 12.0 Å². The minimum atomic E-state index is 0.659. The number of nitrogens with two attached hydrogens (primary N) is 1. The van der Waals surface area contributed by atoms with E-state index in [1.807, 2.05) is 12.3 Å². The molecule has 1 saturated carbocycles. The van der Waals surface area contributed by atoms with Crippen molar-refractivity contribution in [2.75, 3.05) is 13.1 Å². The van der Waals surface area contributed by atoms with Crippen molar-refractivity contribution in [3.05, 3.63) is 30.1 Å². The van der Waals surface area contributed by atoms with Gasteiger partial charge in [0, 0.05) is 18.8 Å². The molecule has 0 saturated heterocycles. The van der Waals surface area contributed by atoms with Crippen LogP contribution in [0.3, 0.4) is 0 Å². The number of hydrogen-bond acceptors (Lipinski definition) is 3. The number of aromatic nitrogens is 1. The predicted molar refractivity (Wildman–Crippen MR) is 70.5 cm³/mol. The summed E-state index contributed by atoms with van der Waals surface area (Å²) >= 11 is 0. The van der Waals surface area contributed by atoms with E-state index in [4.69, 9.17) is 5.73 Å². The summed E-state index contributed by atoms with van der Waals surface area (Å²) in [6.07, 6.45) is 5.78. The van der Waals surface area contributed by atoms with Gasteiger partial charge in [-0.1, -0.05) is 19.4 Å². The lowest BCUT2D eigenvalue weighted by Crippen LogP contribution is -2.39. The van der Waals surface area contributed by atoms with Gasteiger partial charge in [-0.3, -0.25) is 9.88 Å². The van der Waals surface area contributed by atoms with Crippen LogP contribution in [0.2, 0.25) is 0 Å². The molecule has 3 heteroatoms. The van der Waals surface area contributed by atoms with Crippen molar-refractivity contribution in [1.29, 1.82) is 0 Å². The average molecular weight is 233 g/mol. The maximum Gasteiger partial charge on any atom is 0.0544 e. The largest absolute Gasteiger partial charge is 0.330 e. The lowest BCUT2D eigenvalue weighted by Gasteiger charge is -2.31. The fourth-order valence-electron chi connectivity index (χ4n) is 2.94. The predicted octanol–water partition coefficient (Wildman–Crippen LogP) is 2.03. The molecule has 3 nitrogen and oxygen atoms in total. The summed E-state index contributed by atoms with van der Waals surface area (Å²) in [4.78, 5) is 6.95. The van der Waals surface area contributed by atoms with Crippen LogP contribution >= 0.6 is 0 Å². The Kier molecular flexibility index (Phi) is 4.51. The van der Waals surface area contributed by atoms with Crippen molar-refractivity contribution in [3.63, 3.8) is 0 Å². The molecule has 0 aliphatic heterocycles. The number of pyridine rings is 1. The summed E-state index contributed by atoms with van der Waals surface area (Å²) in [5, 5.41) is 0. The lowest BCUT2D eigenvalue weighted by atomic mass is 10.0. The van der Waals surface area contributed by atoms with Crippen LogP contribution in [0.15, 0.2) is 24.4 Å². The fourth-order valence-corrected chi connectivity index (χ4v) is 2.94. The van der Waals surface area contributed by atoms with Gasteiger partial charge in [-0.15, -0.1) is 0 Å². The highest BCUT2D eigenvalue weighted by molar-refractivity contribution is 5.04. The maximum absolute atomic E-state index is 5.87. The second-order valence-corrected chi connectivity index (χ2v) is 4.88. The molecule has 0 radical (unpaired) electrons. The molecule has 0 spiro atoms. The van der Waals surface area contributed by atoms with Gasteiger partial charge in [-0.05, 0) is 44.0 Å². The summed E-state index contributed by atoms with van der Waals surface area (Å²) in [5.74, 6) is 0.679. The SMILES string of the molecule is CCN(Cc1ccccn1)C1CCCC1CN. The quantitative estimate of drug-likeness (QED) is 0.846. The van der Waals surface area contributed by atoms with Gasteiger partial charge in [0.25, 0.3) is 0 Å². The Bertz CT molecular complexity index is 325. The topological polar surface area (TPSA) is 42.2 Å². The normalized spacial score (nSPS) is 24.4. The molecule has 2 rings (SSSR count). The first-order valence-corrected chi connectivity index (χ1v) is 6.69. The Balaban J connectivity index is 2.01. The molecule has 0 amide bonds. The lowest BCUT2D eigenvalue weighted by molar-refractivity contribution is 0.160. The molecule has 2 unspecified atom stereocenters. The monoisotopic (exact) mass is 233 g/mol. The Labute approximate surface area is 104 Å². The fraction of sp³-hybridized carbons (Fsp3) is 0.643. The molecule has 2 N–H and O–H groups in total. The molecule has 1 heterocycles. The number of rotatable bonds is 5. The van der Waals surface area contributed by atoms with Crippen LogP contribution in [0.1, 0.15) is 31.9 Å². The van der Waals surface area contributed by atoms with Gasteiger partial charge < -0.3 is 5.73 Å². The van der Waals surface area contributed by atoms with E-state index in [9.17, 15) is 0 Å². The summed E-state index contributed by atoms with van der Waals surface area (Å²) in [6.45, 7) is 5.09. The number of nitrogens with zero attached hydrogens (tertiary/aromatic N) is 2. The van der Waals surface area contributed by atoms with Crippen molar-refractivity contribution in [2.24, 2.45) is 11.7 Å². The van der Waals surface area contributed by atoms with Gasteiger partial charge in [-0.25, -0.2) is 0 Å². The summed E-state index contributed by atoms with van der Waals surface area (Å²) in [7, 11) is 0. The third-order valence-electron chi connectivity index (χ3n) is 3.89. The highest BCUT2D eigenvalue weighted by Gasteiger charge is 2.30. The third-order valence-corrected chi connectivity index (χ3v) is 3.89. The highest BCUT2D eigenvalue weighted by Crippen LogP contribution is 2.29. The molecule has 1 aromatic heterocycles. The van der Waals surface area contributed by atoms with Crippen LogP contribution < -0.4 is 5.73 Å². The smallest absolute Gasteiger partial charge is 0.0544 e. The maximum atomic E-state index is 5.87. The summed E-state index contributed by atoms with van der Waals surface area (Å²) in [6, 6.07) is 6.80. The van der Waals surface area contributed by atoms with Crippen molar-refractivity contribution in [1.82, 2.24) is 9.88 Å². The Morgan fingerprint density at radius 1 is 1.41 bits per heavy atom. The van der Waals surface area contributed by atoms with Crippen molar-refractivity contribution >= 4 is 0 Å². The molecule has 1 aliphatic rings. The van der Waals surface area contributed by atoms with Crippen LogP contribution in [0.4, 0.5) is 0 Å². The number of hydrogen-bond donors (Lipinski definition) is 1. The first kappa shape index (κ1) is 12.5. The van der Waals surface area contributed by atoms with E-state index in [0.717, 1.165) is 25.3 Å². The minimum Gasteiger partial charge on any atom is -0.330 e. The van der Waals surface area contributed by atoms with E-state index in [2.05, 4.69) is 28.9 Å². The molecule has 1 fully saturated rings. The first-order chi connectivity index (χ1) is 8.35. The van der Waals surface area contributed by atoms with E-state index >= 15 is 0 Å². The summed E-state index contributed by atoms with van der Waals surface area (Å²) in [5.41, 5.74) is 7.03. The average Bonchev–Trinajstić information content (AvgIpc) is 2.85. The van der Waals surface area contributed by atoms with Gasteiger partial charge in [0.2, 0.25) is 0 Å². The Morgan fingerprint density at radius 2 is 2.29 bits per heavy atom. The van der Waals surface area contributed by atoms with Crippen molar-refractivity contribution in [2.45, 2.75) is 38.8 Å². The van der Waals surface area contributed by atoms with Gasteiger partial charge in [0.05, 0.1) is 5.69 Å². The highest BCUT2D eigenvalue weighted by atomic mass is 15.2. The van der Waals surface area contributed by atoms with Crippen LogP contribution in [0.25, 0.3) is 0 Å². The standard InChI is InChI=1S/C14H23N3/c1-2-17(11-13-7-3-4-9-16-13)14-8-5-6-12(14)10-15/h3-4,7,9,12,14H,2,5-6,8,10-11,15H2,1H3. The molecule has 0 aromatic carbocycles. The molecule has 1 aromatic rings. The molecular formula is C14H23N3. The molecule has 94 valence electrons. The van der Waals surface area contributed by atoms with Crippen molar-refractivity contribution in [3.8, 4) is 0 Å². The van der Waals surface area contributed by atoms with Crippen LogP contribution in [0, 0.1) is 5.92 Å². The molecule has 2 atom stereocenters. The molecule has 17 heavy (non-hydrogen) atoms. The second kappa shape index (κ2) is 6.12. The zero-order chi connectivity index (χ0) is 12.1. The van der Waals surface area contributed by atoms with E-state index < -0.39 is 0 Å². The van der Waals surface area contributed by atoms with Crippen LogP contribution in [-0.4, -0.2) is 29.0 Å². The molecule has 1 aliphatic carbocycles. The van der Waals surface area contributed by atoms with E-state index in [1.165, 1.54) is 19.3 Å². The first-order valence-electron chi connectivity index (χ1n) is 6.69. The van der Waals surface area contributed by atoms with Gasteiger partial charge in [0.15, 0.2) is 0 Å². The molecular weight excluding hydrogens is 210 g/mol. The van der Waals surface area contributed by atoms with E-state index in [-0.39, 0.29) is 0 Å². The van der Waals surface area contributed by atoms with E-state index in [1.54, 1.807) is 0 Å². The Hall–Kier alpha value is -0.930. The Morgan fingerprint density at radius 3 is 2.94 bits per heavy atom. The van der Waals surface area contributed by atoms with Crippen molar-refractivity contribution < 1.29 is 0 Å². The molecule has 0 bridgehead atoms. The van der Waals surface area contributed by atoms with Gasteiger partial charge in [0.1, 0.15) is 0 Å². The minimum absolute atomic E-state index is 0.659. The third kappa shape index (κ3) is 3.05. The van der Waals surface area contributed by atoms with Gasteiger partial charge in [-0.2, -0.15) is 0 Å². The zero-order valence-corrected chi connectivity index (χ0v) is 10.7. The van der Waals surface area contributed by atoms with Crippen LogP contribution in [0.5, 0.6) is 0 Å². The summed E-state index contributed by atoms with van der Waals surface area (Å²) < 4.78 is 0.